The lowest BCUT2D eigenvalue weighted by Gasteiger charge is -2.05. The Kier molecular flexibility index (Phi) is 3.49. The minimum atomic E-state index is -0.321. The fourth-order valence-electron chi connectivity index (χ4n) is 0.748. The van der Waals surface area contributed by atoms with Gasteiger partial charge in [-0.15, -0.1) is 0 Å². The highest BCUT2D eigenvalue weighted by Crippen LogP contribution is 2.25. The molecule has 0 radical (unpaired) electrons. The van der Waals surface area contributed by atoms with Crippen LogP contribution < -0.4 is 4.74 Å². The Morgan fingerprint density at radius 1 is 1.50 bits per heavy atom. The molecule has 0 aliphatic carbocycles. The first-order valence-electron chi connectivity index (χ1n) is 3.43. The summed E-state index contributed by atoms with van der Waals surface area (Å²) in [5, 5.41) is 8.46. The fraction of sp³-hybridized carbons (Fsp3) is 0.250. The van der Waals surface area contributed by atoms with Crippen molar-refractivity contribution in [1.29, 1.82) is 0 Å². The molecule has 1 aromatic carbocycles. The molecule has 0 unspecified atom stereocenters. The molecule has 0 aliphatic heterocycles. The van der Waals surface area contributed by atoms with Crippen LogP contribution in [0.1, 0.15) is 0 Å². The Labute approximate surface area is 78.1 Å². The number of aliphatic hydroxyl groups is 1. The number of benzene rings is 1. The molecule has 0 heterocycles. The summed E-state index contributed by atoms with van der Waals surface area (Å²) in [4.78, 5) is 0. The Morgan fingerprint density at radius 2 is 2.25 bits per heavy atom. The molecule has 0 saturated heterocycles. The van der Waals surface area contributed by atoms with E-state index >= 15 is 0 Å². The van der Waals surface area contributed by atoms with Crippen LogP contribution in [0.5, 0.6) is 5.75 Å². The average molecular weight is 235 g/mol. The van der Waals surface area contributed by atoms with Crippen molar-refractivity contribution in [3.63, 3.8) is 0 Å². The maximum absolute atomic E-state index is 12.5. The van der Waals surface area contributed by atoms with Crippen LogP contribution in [0.2, 0.25) is 0 Å². The molecule has 0 bridgehead atoms. The second-order valence-electron chi connectivity index (χ2n) is 2.15. The average Bonchev–Trinajstić information content (AvgIpc) is 2.03. The lowest BCUT2D eigenvalue weighted by molar-refractivity contribution is 0.200. The van der Waals surface area contributed by atoms with E-state index in [4.69, 9.17) is 9.84 Å². The third-order valence-corrected chi connectivity index (χ3v) is 1.86. The van der Waals surface area contributed by atoms with E-state index in [1.54, 1.807) is 0 Å². The third kappa shape index (κ3) is 2.46. The van der Waals surface area contributed by atoms with Gasteiger partial charge in [-0.3, -0.25) is 0 Å². The third-order valence-electron chi connectivity index (χ3n) is 1.24. The predicted octanol–water partition coefficient (Wildman–Crippen LogP) is 1.96. The molecule has 2 nitrogen and oxygen atoms in total. The normalized spacial score (nSPS) is 9.92. The van der Waals surface area contributed by atoms with Gasteiger partial charge in [-0.1, -0.05) is 0 Å². The van der Waals surface area contributed by atoms with Gasteiger partial charge in [0, 0.05) is 0 Å². The van der Waals surface area contributed by atoms with Crippen LogP contribution in [-0.2, 0) is 0 Å². The van der Waals surface area contributed by atoms with Gasteiger partial charge < -0.3 is 9.84 Å². The van der Waals surface area contributed by atoms with Crippen molar-refractivity contribution in [2.45, 2.75) is 0 Å². The molecule has 0 fully saturated rings. The van der Waals surface area contributed by atoms with Gasteiger partial charge in [0.2, 0.25) is 0 Å². The Hall–Kier alpha value is -0.610. The van der Waals surface area contributed by atoms with E-state index in [9.17, 15) is 4.39 Å². The van der Waals surface area contributed by atoms with Gasteiger partial charge in [0.1, 0.15) is 18.2 Å². The Bertz CT molecular complexity index is 265. The molecule has 0 aromatic heterocycles. The van der Waals surface area contributed by atoms with E-state index in [-0.39, 0.29) is 19.0 Å². The molecule has 0 spiro atoms. The fourth-order valence-corrected chi connectivity index (χ4v) is 1.21. The van der Waals surface area contributed by atoms with Gasteiger partial charge >= 0.3 is 0 Å². The summed E-state index contributed by atoms with van der Waals surface area (Å²) in [6.07, 6.45) is 0. The molecule has 1 aromatic rings. The monoisotopic (exact) mass is 234 g/mol. The first-order chi connectivity index (χ1) is 5.74. The van der Waals surface area contributed by atoms with E-state index in [0.29, 0.717) is 10.2 Å². The molecule has 0 atom stereocenters. The van der Waals surface area contributed by atoms with Crippen molar-refractivity contribution in [3.8, 4) is 5.75 Å². The van der Waals surface area contributed by atoms with Crippen molar-refractivity contribution in [2.75, 3.05) is 13.2 Å². The second kappa shape index (κ2) is 4.42. The summed E-state index contributed by atoms with van der Waals surface area (Å²) in [6.45, 7) is 0.161. The maximum Gasteiger partial charge on any atom is 0.133 e. The zero-order valence-corrected chi connectivity index (χ0v) is 7.84. The molecule has 0 aliphatic rings. The SMILES string of the molecule is OCCOc1ccc(F)cc1Br. The summed E-state index contributed by atoms with van der Waals surface area (Å²) in [5.74, 6) is 0.212. The zero-order valence-electron chi connectivity index (χ0n) is 6.26. The van der Waals surface area contributed by atoms with Gasteiger partial charge in [-0.2, -0.15) is 0 Å². The standard InChI is InChI=1S/C8H8BrFO2/c9-7-5-6(10)1-2-8(7)12-4-3-11/h1-2,5,11H,3-4H2. The highest BCUT2D eigenvalue weighted by molar-refractivity contribution is 9.10. The van der Waals surface area contributed by atoms with Gasteiger partial charge in [-0.25, -0.2) is 4.39 Å². The topological polar surface area (TPSA) is 29.5 Å². The first-order valence-corrected chi connectivity index (χ1v) is 4.22. The largest absolute Gasteiger partial charge is 0.490 e. The van der Waals surface area contributed by atoms with Crippen LogP contribution in [0, 0.1) is 5.82 Å². The minimum Gasteiger partial charge on any atom is -0.490 e. The van der Waals surface area contributed by atoms with Gasteiger partial charge in [0.05, 0.1) is 11.1 Å². The predicted molar refractivity (Wildman–Crippen MR) is 46.7 cm³/mol. The van der Waals surface area contributed by atoms with Crippen molar-refractivity contribution < 1.29 is 14.2 Å². The van der Waals surface area contributed by atoms with Gasteiger partial charge in [-0.05, 0) is 34.1 Å². The lowest BCUT2D eigenvalue weighted by Crippen LogP contribution is -2.01. The molecule has 1 N–H and O–H groups in total. The highest BCUT2D eigenvalue weighted by atomic mass is 79.9. The van der Waals surface area contributed by atoms with Crippen LogP contribution in [0.25, 0.3) is 0 Å². The van der Waals surface area contributed by atoms with Crippen molar-refractivity contribution in [2.24, 2.45) is 0 Å². The summed E-state index contributed by atoms with van der Waals surface area (Å²) in [6, 6.07) is 4.12. The summed E-state index contributed by atoms with van der Waals surface area (Å²) in [7, 11) is 0. The van der Waals surface area contributed by atoms with E-state index < -0.39 is 0 Å². The van der Waals surface area contributed by atoms with E-state index in [2.05, 4.69) is 15.9 Å². The molecule has 4 heteroatoms. The van der Waals surface area contributed by atoms with E-state index in [1.807, 2.05) is 0 Å². The summed E-state index contributed by atoms with van der Waals surface area (Å²) >= 11 is 3.13. The van der Waals surface area contributed by atoms with E-state index in [0.717, 1.165) is 0 Å². The number of aliphatic hydroxyl groups excluding tert-OH is 1. The van der Waals surface area contributed by atoms with Crippen LogP contribution in [0.4, 0.5) is 4.39 Å². The van der Waals surface area contributed by atoms with Crippen LogP contribution in [-0.4, -0.2) is 18.3 Å². The number of hydrogen-bond acceptors (Lipinski definition) is 2. The number of hydrogen-bond donors (Lipinski definition) is 1. The Balaban J connectivity index is 2.72. The van der Waals surface area contributed by atoms with Crippen LogP contribution in [0.3, 0.4) is 0 Å². The van der Waals surface area contributed by atoms with Crippen molar-refractivity contribution in [1.82, 2.24) is 0 Å². The molecule has 0 amide bonds. The highest BCUT2D eigenvalue weighted by Gasteiger charge is 2.01. The molecule has 0 saturated carbocycles. The van der Waals surface area contributed by atoms with Crippen LogP contribution in [0.15, 0.2) is 22.7 Å². The first kappa shape index (κ1) is 9.48. The van der Waals surface area contributed by atoms with E-state index in [1.165, 1.54) is 18.2 Å². The summed E-state index contributed by atoms with van der Waals surface area (Å²) < 4.78 is 18.2. The maximum atomic E-state index is 12.5. The Morgan fingerprint density at radius 3 is 2.83 bits per heavy atom. The lowest BCUT2D eigenvalue weighted by atomic mass is 10.3. The second-order valence-corrected chi connectivity index (χ2v) is 3.00. The van der Waals surface area contributed by atoms with Gasteiger partial charge in [0.15, 0.2) is 0 Å². The quantitative estimate of drug-likeness (QED) is 0.867. The van der Waals surface area contributed by atoms with Gasteiger partial charge in [0.25, 0.3) is 0 Å². The molecule has 66 valence electrons. The van der Waals surface area contributed by atoms with Crippen molar-refractivity contribution in [3.05, 3.63) is 28.5 Å². The molecule has 1 rings (SSSR count). The zero-order chi connectivity index (χ0) is 8.97. The molecular formula is C8H8BrFO2. The molecule has 12 heavy (non-hydrogen) atoms. The number of rotatable bonds is 3. The van der Waals surface area contributed by atoms with Crippen LogP contribution >= 0.6 is 15.9 Å². The molecular weight excluding hydrogens is 227 g/mol. The number of ether oxygens (including phenoxy) is 1. The minimum absolute atomic E-state index is 0.0518. The summed E-state index contributed by atoms with van der Waals surface area (Å²) in [5.41, 5.74) is 0. The van der Waals surface area contributed by atoms with Crippen molar-refractivity contribution >= 4 is 15.9 Å². The smallest absolute Gasteiger partial charge is 0.133 e. The number of halogens is 2.